The molecule has 0 aromatic heterocycles. The lowest BCUT2D eigenvalue weighted by Crippen LogP contribution is -2.27. The maximum absolute atomic E-state index is 11.3. The predicted octanol–water partition coefficient (Wildman–Crippen LogP) is 1.89. The molecule has 19 heavy (non-hydrogen) atoms. The zero-order valence-corrected chi connectivity index (χ0v) is 12.1. The van der Waals surface area contributed by atoms with Crippen molar-refractivity contribution in [1.29, 1.82) is 0 Å². The highest BCUT2D eigenvalue weighted by Gasteiger charge is 2.05. The molecule has 1 aromatic rings. The Morgan fingerprint density at radius 1 is 1.16 bits per heavy atom. The highest BCUT2D eigenvalue weighted by Crippen LogP contribution is 2.14. The molecule has 1 N–H and O–H groups in total. The number of hydroxylamine groups is 1. The van der Waals surface area contributed by atoms with Gasteiger partial charge in [-0.25, -0.2) is 4.74 Å². The van der Waals surface area contributed by atoms with Gasteiger partial charge in [0, 0.05) is 36.1 Å². The molecule has 0 atom stereocenters. The Hall–Kier alpha value is -0.970. The van der Waals surface area contributed by atoms with Crippen molar-refractivity contribution in [2.45, 2.75) is 0 Å². The average molecular weight is 305 g/mol. The van der Waals surface area contributed by atoms with Gasteiger partial charge in [-0.2, -0.15) is 0 Å². The largest absolute Gasteiger partial charge is 0.624 e. The molecule has 0 fully saturated rings. The van der Waals surface area contributed by atoms with E-state index in [-0.39, 0.29) is 13.2 Å². The molecule has 1 aromatic carbocycles. The minimum atomic E-state index is -0.155. The molecule has 0 aliphatic heterocycles. The van der Waals surface area contributed by atoms with Crippen LogP contribution in [0.1, 0.15) is 5.56 Å². The van der Waals surface area contributed by atoms with Crippen molar-refractivity contribution in [2.75, 3.05) is 42.9 Å². The summed E-state index contributed by atoms with van der Waals surface area (Å²) in [6, 6.07) is 7.57. The van der Waals surface area contributed by atoms with Crippen molar-refractivity contribution in [2.24, 2.45) is 0 Å². The van der Waals surface area contributed by atoms with Crippen LogP contribution in [0.25, 0.3) is 0 Å². The van der Waals surface area contributed by atoms with Crippen LogP contribution in [0.5, 0.6) is 0 Å². The van der Waals surface area contributed by atoms with Gasteiger partial charge in [0.05, 0.1) is 0 Å². The lowest BCUT2D eigenvalue weighted by Gasteiger charge is -2.22. The highest BCUT2D eigenvalue weighted by atomic mass is 35.5. The third-order valence-electron chi connectivity index (χ3n) is 2.58. The molecule has 0 amide bonds. The van der Waals surface area contributed by atoms with Gasteiger partial charge in [0.2, 0.25) is 0 Å². The summed E-state index contributed by atoms with van der Waals surface area (Å²) in [5.41, 5.74) is 1.82. The quantitative estimate of drug-likeness (QED) is 0.262. The van der Waals surface area contributed by atoms with Crippen molar-refractivity contribution >= 4 is 35.1 Å². The molecule has 4 nitrogen and oxygen atoms in total. The molecular weight excluding hydrogens is 287 g/mol. The number of rotatable bonds is 8. The fourth-order valence-electron chi connectivity index (χ4n) is 1.67. The van der Waals surface area contributed by atoms with E-state index in [9.17, 15) is 5.21 Å². The summed E-state index contributed by atoms with van der Waals surface area (Å²) in [6.45, 7) is 1.38. The summed E-state index contributed by atoms with van der Waals surface area (Å²) in [4.78, 5) is 2.09. The Balaban J connectivity index is 2.76. The van der Waals surface area contributed by atoms with E-state index < -0.39 is 0 Å². The van der Waals surface area contributed by atoms with Crippen LogP contribution < -0.4 is 4.90 Å². The van der Waals surface area contributed by atoms with Crippen LogP contribution in [0.3, 0.4) is 0 Å². The van der Waals surface area contributed by atoms with Crippen molar-refractivity contribution in [3.8, 4) is 0 Å². The second kappa shape index (κ2) is 9.02. The average Bonchev–Trinajstić information content (AvgIpc) is 2.40. The molecule has 106 valence electrons. The molecule has 0 spiro atoms. The smallest absolute Gasteiger partial charge is 0.181 e. The molecule has 0 saturated heterocycles. The van der Waals surface area contributed by atoms with E-state index >= 15 is 0 Å². The monoisotopic (exact) mass is 304 g/mol. The van der Waals surface area contributed by atoms with E-state index in [1.807, 2.05) is 24.3 Å². The van der Waals surface area contributed by atoms with Gasteiger partial charge in [-0.15, -0.1) is 23.2 Å². The number of benzene rings is 1. The molecule has 0 unspecified atom stereocenters. The minimum absolute atomic E-state index is 0.0758. The number of anilines is 1. The Morgan fingerprint density at radius 2 is 1.74 bits per heavy atom. The van der Waals surface area contributed by atoms with E-state index in [1.54, 1.807) is 0 Å². The number of alkyl halides is 2. The topological polar surface area (TPSA) is 49.5 Å². The van der Waals surface area contributed by atoms with Gasteiger partial charge in [-0.3, -0.25) is 0 Å². The second-order valence-corrected chi connectivity index (χ2v) is 4.71. The molecule has 6 heteroatoms. The summed E-state index contributed by atoms with van der Waals surface area (Å²) in [6.07, 6.45) is 1.45. The normalized spacial score (nSPS) is 11.6. The maximum Gasteiger partial charge on any atom is 0.181 e. The van der Waals surface area contributed by atoms with E-state index in [0.29, 0.717) is 16.5 Å². The van der Waals surface area contributed by atoms with E-state index in [2.05, 4.69) is 4.90 Å². The Bertz CT molecular complexity index is 390. The predicted molar refractivity (Wildman–Crippen MR) is 80.8 cm³/mol. The second-order valence-electron chi connectivity index (χ2n) is 3.95. The zero-order valence-electron chi connectivity index (χ0n) is 10.6. The summed E-state index contributed by atoms with van der Waals surface area (Å²) < 4.78 is 0.713. The van der Waals surface area contributed by atoms with Gasteiger partial charge in [-0.1, -0.05) is 0 Å². The molecule has 0 aliphatic rings. The zero-order chi connectivity index (χ0) is 14.1. The number of nitrogens with zero attached hydrogens (tertiary/aromatic N) is 2. The van der Waals surface area contributed by atoms with Crippen LogP contribution in [0.2, 0.25) is 0 Å². The lowest BCUT2D eigenvalue weighted by atomic mass is 10.2. The van der Waals surface area contributed by atoms with Gasteiger partial charge in [-0.05, 0) is 24.3 Å². The van der Waals surface area contributed by atoms with Crippen molar-refractivity contribution in [1.82, 2.24) is 0 Å². The summed E-state index contributed by atoms with van der Waals surface area (Å²) in [5, 5.41) is 19.9. The van der Waals surface area contributed by atoms with Crippen LogP contribution in [-0.2, 0) is 0 Å². The van der Waals surface area contributed by atoms with E-state index in [0.717, 1.165) is 24.3 Å². The van der Waals surface area contributed by atoms with E-state index in [4.69, 9.17) is 28.3 Å². The Labute approximate surface area is 123 Å². The highest BCUT2D eigenvalue weighted by molar-refractivity contribution is 6.18. The van der Waals surface area contributed by atoms with Gasteiger partial charge < -0.3 is 15.2 Å². The fourth-order valence-corrected chi connectivity index (χ4v) is 2.08. The summed E-state index contributed by atoms with van der Waals surface area (Å²) in [5.74, 6) is 1.07. The minimum Gasteiger partial charge on any atom is -0.624 e. The van der Waals surface area contributed by atoms with Crippen LogP contribution in [0, 0.1) is 5.21 Å². The first-order valence-electron chi connectivity index (χ1n) is 6.07. The van der Waals surface area contributed by atoms with Gasteiger partial charge in [0.1, 0.15) is 6.61 Å². The van der Waals surface area contributed by atoms with Gasteiger partial charge in [0.15, 0.2) is 12.8 Å². The SMILES string of the molecule is [O-]/[N+](=C/c1ccc(N(CCCl)CCCl)cc1)CCO. The maximum atomic E-state index is 11.3. The third kappa shape index (κ3) is 5.68. The summed E-state index contributed by atoms with van der Waals surface area (Å²) >= 11 is 11.5. The number of halogens is 2. The Morgan fingerprint density at radius 3 is 2.21 bits per heavy atom. The number of aliphatic hydroxyl groups is 1. The van der Waals surface area contributed by atoms with Crippen LogP contribution in [0.4, 0.5) is 5.69 Å². The molecule has 1 rings (SSSR count). The third-order valence-corrected chi connectivity index (χ3v) is 2.92. The fraction of sp³-hybridized carbons (Fsp3) is 0.462. The Kier molecular flexibility index (Phi) is 7.63. The van der Waals surface area contributed by atoms with Crippen molar-refractivity contribution < 1.29 is 9.85 Å². The summed E-state index contributed by atoms with van der Waals surface area (Å²) in [7, 11) is 0. The van der Waals surface area contributed by atoms with Gasteiger partial charge >= 0.3 is 0 Å². The van der Waals surface area contributed by atoms with Crippen molar-refractivity contribution in [3.63, 3.8) is 0 Å². The molecule has 0 bridgehead atoms. The number of hydrogen-bond acceptors (Lipinski definition) is 3. The first-order chi connectivity index (χ1) is 9.21. The van der Waals surface area contributed by atoms with Gasteiger partial charge in [0.25, 0.3) is 0 Å². The van der Waals surface area contributed by atoms with Crippen LogP contribution >= 0.6 is 23.2 Å². The molecular formula is C13H18Cl2N2O2. The van der Waals surface area contributed by atoms with Crippen LogP contribution in [0.15, 0.2) is 24.3 Å². The molecule has 0 radical (unpaired) electrons. The molecule has 0 heterocycles. The van der Waals surface area contributed by atoms with E-state index in [1.165, 1.54) is 6.21 Å². The number of aliphatic hydroxyl groups excluding tert-OH is 1. The lowest BCUT2D eigenvalue weighted by molar-refractivity contribution is -0.455. The van der Waals surface area contributed by atoms with Crippen molar-refractivity contribution in [3.05, 3.63) is 35.0 Å². The standard InChI is InChI=1S/C13H18Cl2N2O2/c14-5-7-16(8-6-15)13-3-1-12(2-4-13)11-17(19)9-10-18/h1-4,11,18H,5-10H2/b17-11+. The molecule has 0 saturated carbocycles. The van der Waals surface area contributed by atoms with Crippen LogP contribution in [-0.4, -0.2) is 54.1 Å². The number of hydrogen-bond donors (Lipinski definition) is 1. The first kappa shape index (κ1) is 16.1. The molecule has 0 aliphatic carbocycles. The first-order valence-corrected chi connectivity index (χ1v) is 7.14.